The Kier molecular flexibility index (Phi) is 5.03. The van der Waals surface area contributed by atoms with Gasteiger partial charge in [0.25, 0.3) is 0 Å². The lowest BCUT2D eigenvalue weighted by Gasteiger charge is -2.33. The number of nitrogens with one attached hydrogen (secondary N) is 1. The molecule has 2 bridgehead atoms. The van der Waals surface area contributed by atoms with E-state index in [1.54, 1.807) is 16.5 Å². The molecular weight excluding hydrogens is 436 g/mol. The normalized spacial score (nSPS) is 22.5. The summed E-state index contributed by atoms with van der Waals surface area (Å²) in [5.41, 5.74) is 3.22. The molecule has 3 aliphatic heterocycles. The molecule has 178 valence electrons. The fourth-order valence-electron chi connectivity index (χ4n) is 5.15. The molecule has 0 spiro atoms. The predicted octanol–water partition coefficient (Wildman–Crippen LogP) is 3.00. The van der Waals surface area contributed by atoms with E-state index in [2.05, 4.69) is 5.32 Å². The molecule has 9 heteroatoms. The average Bonchev–Trinajstić information content (AvgIpc) is 3.17. The maximum atomic E-state index is 13.2. The highest BCUT2D eigenvalue weighted by Crippen LogP contribution is 2.40. The number of fused-ring (bicyclic) bond motifs is 3. The van der Waals surface area contributed by atoms with Crippen molar-refractivity contribution < 1.29 is 19.1 Å². The van der Waals surface area contributed by atoms with Crippen molar-refractivity contribution >= 4 is 34.5 Å². The molecular formula is C25H28N4O5. The van der Waals surface area contributed by atoms with E-state index in [1.165, 1.54) is 4.57 Å². The van der Waals surface area contributed by atoms with Crippen LogP contribution in [0.15, 0.2) is 40.8 Å². The molecule has 0 saturated carbocycles. The lowest BCUT2D eigenvalue weighted by atomic mass is 9.94. The number of para-hydroxylation sites is 1. The van der Waals surface area contributed by atoms with E-state index in [0.29, 0.717) is 11.9 Å². The first-order chi connectivity index (χ1) is 16.0. The van der Waals surface area contributed by atoms with Crippen molar-refractivity contribution in [2.75, 3.05) is 0 Å². The Balaban J connectivity index is 1.55. The Morgan fingerprint density at radius 2 is 1.94 bits per heavy atom. The summed E-state index contributed by atoms with van der Waals surface area (Å²) >= 11 is 0. The van der Waals surface area contributed by atoms with E-state index in [0.717, 1.165) is 28.8 Å². The molecule has 5 rings (SSSR count). The molecule has 34 heavy (non-hydrogen) atoms. The number of hydrogen-bond acceptors (Lipinski definition) is 5. The van der Waals surface area contributed by atoms with Crippen LogP contribution in [0.1, 0.15) is 58.1 Å². The highest BCUT2D eigenvalue weighted by atomic mass is 16.6. The number of piperidine rings is 1. The van der Waals surface area contributed by atoms with Crippen LogP contribution < -0.4 is 11.0 Å². The van der Waals surface area contributed by atoms with Crippen LogP contribution in [0.3, 0.4) is 0 Å². The lowest BCUT2D eigenvalue weighted by molar-refractivity contribution is -0.135. The number of imide groups is 1. The van der Waals surface area contributed by atoms with Gasteiger partial charge in [-0.2, -0.15) is 0 Å². The van der Waals surface area contributed by atoms with Gasteiger partial charge in [-0.3, -0.25) is 28.9 Å². The van der Waals surface area contributed by atoms with Crippen molar-refractivity contribution in [2.45, 2.75) is 64.1 Å². The van der Waals surface area contributed by atoms with E-state index in [9.17, 15) is 19.2 Å². The van der Waals surface area contributed by atoms with Gasteiger partial charge in [-0.05, 0) is 57.7 Å². The van der Waals surface area contributed by atoms with Crippen LogP contribution in [-0.4, -0.2) is 43.6 Å². The molecule has 2 aromatic rings. The number of benzene rings is 1. The van der Waals surface area contributed by atoms with Crippen LogP contribution in [0, 0.1) is 0 Å². The van der Waals surface area contributed by atoms with Gasteiger partial charge < -0.3 is 4.74 Å². The Labute approximate surface area is 196 Å². The van der Waals surface area contributed by atoms with Crippen molar-refractivity contribution in [3.05, 3.63) is 52.1 Å². The predicted molar refractivity (Wildman–Crippen MR) is 126 cm³/mol. The number of rotatable bonds is 2. The molecule has 1 unspecified atom stereocenters. The number of carbonyl (C=O) groups excluding carboxylic acids is 3. The lowest BCUT2D eigenvalue weighted by Crippen LogP contribution is -2.44. The molecule has 1 N–H and O–H groups in total. The van der Waals surface area contributed by atoms with Crippen molar-refractivity contribution in [3.8, 4) is 0 Å². The number of carbonyl (C=O) groups is 3. The monoisotopic (exact) mass is 464 g/mol. The number of aryl methyl sites for hydroxylation is 1. The summed E-state index contributed by atoms with van der Waals surface area (Å²) in [6.45, 7) is 5.54. The summed E-state index contributed by atoms with van der Waals surface area (Å²) in [6.07, 6.45) is 5.50. The fourth-order valence-corrected chi connectivity index (χ4v) is 5.15. The topological polar surface area (TPSA) is 103 Å². The van der Waals surface area contributed by atoms with Crippen LogP contribution >= 0.6 is 0 Å². The zero-order chi connectivity index (χ0) is 24.4. The number of ether oxygens (including phenoxy) is 1. The third-order valence-electron chi connectivity index (χ3n) is 6.58. The number of aromatic nitrogens is 2. The number of allylic oxidation sites excluding steroid dienone is 1. The largest absolute Gasteiger partial charge is 0.443 e. The summed E-state index contributed by atoms with van der Waals surface area (Å²) in [6, 6.07) is 4.89. The van der Waals surface area contributed by atoms with Crippen molar-refractivity contribution in [1.29, 1.82) is 0 Å². The SMILES string of the molecule is Cn1c(=O)n(C2CCC(=O)NC2=O)c2cccc(C3=CC4=CC[C@H](C3)N4C(=O)OC(C)(C)C)c21. The average molecular weight is 465 g/mol. The minimum absolute atomic E-state index is 0.0469. The smallest absolute Gasteiger partial charge is 0.415 e. The van der Waals surface area contributed by atoms with E-state index in [-0.39, 0.29) is 36.6 Å². The zero-order valence-corrected chi connectivity index (χ0v) is 19.8. The molecule has 3 amide bonds. The molecule has 1 aromatic heterocycles. The molecule has 1 fully saturated rings. The van der Waals surface area contributed by atoms with Gasteiger partial charge >= 0.3 is 11.8 Å². The van der Waals surface area contributed by atoms with Gasteiger partial charge in [0.2, 0.25) is 11.8 Å². The summed E-state index contributed by atoms with van der Waals surface area (Å²) in [5.74, 6) is -0.773. The molecule has 2 atom stereocenters. The third kappa shape index (κ3) is 3.55. The van der Waals surface area contributed by atoms with Gasteiger partial charge in [0, 0.05) is 30.8 Å². The second-order valence-electron chi connectivity index (χ2n) is 10.1. The number of hydrogen-bond donors (Lipinski definition) is 1. The highest BCUT2D eigenvalue weighted by Gasteiger charge is 2.38. The van der Waals surface area contributed by atoms with E-state index < -0.39 is 17.6 Å². The molecule has 1 saturated heterocycles. The molecule has 4 heterocycles. The summed E-state index contributed by atoms with van der Waals surface area (Å²) in [5, 5.41) is 2.34. The van der Waals surface area contributed by atoms with E-state index in [1.807, 2.05) is 51.1 Å². The van der Waals surface area contributed by atoms with Gasteiger partial charge in [0.15, 0.2) is 0 Å². The summed E-state index contributed by atoms with van der Waals surface area (Å²) in [7, 11) is 1.70. The minimum Gasteiger partial charge on any atom is -0.443 e. The minimum atomic E-state index is -0.731. The van der Waals surface area contributed by atoms with Crippen LogP contribution in [0.5, 0.6) is 0 Å². The standard InChI is InChI=1S/C25H28N4O5/c1-25(2,3)34-24(33)28-15-8-9-16(28)13-14(12-15)17-6-5-7-18-21(17)27(4)23(32)29(18)19-10-11-20(30)26-22(19)31/h5-8,12,16,19H,9-11,13H2,1-4H3,(H,26,30,31)/t16-,19?/m1/s1. The third-order valence-corrected chi connectivity index (χ3v) is 6.58. The molecule has 0 radical (unpaired) electrons. The Hall–Kier alpha value is -3.62. The van der Waals surface area contributed by atoms with Crippen molar-refractivity contribution in [2.24, 2.45) is 7.05 Å². The molecule has 0 aliphatic carbocycles. The Morgan fingerprint density at radius 1 is 1.18 bits per heavy atom. The Morgan fingerprint density at radius 3 is 2.62 bits per heavy atom. The molecule has 9 nitrogen and oxygen atoms in total. The fraction of sp³-hybridized carbons (Fsp3) is 0.440. The second kappa shape index (κ2) is 7.72. The van der Waals surface area contributed by atoms with E-state index >= 15 is 0 Å². The number of amides is 3. The van der Waals surface area contributed by atoms with Gasteiger partial charge in [-0.15, -0.1) is 0 Å². The molecule has 3 aliphatic rings. The molecule has 1 aromatic carbocycles. The van der Waals surface area contributed by atoms with Crippen molar-refractivity contribution in [1.82, 2.24) is 19.4 Å². The Bertz CT molecular complexity index is 1350. The second-order valence-corrected chi connectivity index (χ2v) is 10.1. The van der Waals surface area contributed by atoms with Gasteiger partial charge in [-0.1, -0.05) is 18.2 Å². The van der Waals surface area contributed by atoms with Crippen LogP contribution in [0.4, 0.5) is 4.79 Å². The summed E-state index contributed by atoms with van der Waals surface area (Å²) < 4.78 is 8.65. The van der Waals surface area contributed by atoms with Crippen LogP contribution in [0.2, 0.25) is 0 Å². The number of nitrogens with zero attached hydrogens (tertiary/aromatic N) is 3. The first-order valence-corrected chi connectivity index (χ1v) is 11.5. The van der Waals surface area contributed by atoms with E-state index in [4.69, 9.17) is 4.74 Å². The first-order valence-electron chi connectivity index (χ1n) is 11.5. The maximum absolute atomic E-state index is 13.2. The first kappa shape index (κ1) is 22.2. The van der Waals surface area contributed by atoms with Gasteiger partial charge in [-0.25, -0.2) is 9.59 Å². The van der Waals surface area contributed by atoms with Crippen molar-refractivity contribution in [3.63, 3.8) is 0 Å². The number of imidazole rings is 1. The highest BCUT2D eigenvalue weighted by molar-refractivity contribution is 6.00. The van der Waals surface area contributed by atoms with Crippen LogP contribution in [-0.2, 0) is 21.4 Å². The zero-order valence-electron chi connectivity index (χ0n) is 19.8. The van der Waals surface area contributed by atoms with Gasteiger partial charge in [0.1, 0.15) is 11.6 Å². The maximum Gasteiger partial charge on any atom is 0.415 e. The van der Waals surface area contributed by atoms with Crippen LogP contribution in [0.25, 0.3) is 16.6 Å². The summed E-state index contributed by atoms with van der Waals surface area (Å²) in [4.78, 5) is 51.9. The quantitative estimate of drug-likeness (QED) is 0.689. The van der Waals surface area contributed by atoms with Gasteiger partial charge in [0.05, 0.1) is 11.0 Å².